The van der Waals surface area contributed by atoms with Crippen LogP contribution >= 0.6 is 23.2 Å². The Morgan fingerprint density at radius 1 is 1.60 bits per heavy atom. The Balaban J connectivity index is 3.07. The second kappa shape index (κ2) is 2.99. The van der Waals surface area contributed by atoms with Crippen LogP contribution in [0, 0.1) is 0 Å². The molecular formula is C6H4Cl2N2. The summed E-state index contributed by atoms with van der Waals surface area (Å²) in [5, 5.41) is 0.661. The van der Waals surface area contributed by atoms with Crippen molar-refractivity contribution in [1.82, 2.24) is 9.97 Å². The highest BCUT2D eigenvalue weighted by atomic mass is 35.5. The predicted octanol–water partition coefficient (Wildman–Crippen LogP) is 2.34. The van der Waals surface area contributed by atoms with E-state index in [1.165, 1.54) is 6.20 Å². The number of halogens is 2. The lowest BCUT2D eigenvalue weighted by Crippen LogP contribution is -1.87. The first kappa shape index (κ1) is 7.51. The van der Waals surface area contributed by atoms with E-state index in [4.69, 9.17) is 23.2 Å². The number of hydrogen-bond acceptors (Lipinski definition) is 2. The van der Waals surface area contributed by atoms with E-state index in [2.05, 4.69) is 16.5 Å². The van der Waals surface area contributed by atoms with Gasteiger partial charge < -0.3 is 0 Å². The molecule has 0 saturated carbocycles. The molecule has 4 heteroatoms. The first-order chi connectivity index (χ1) is 4.70. The molecule has 1 heterocycles. The van der Waals surface area contributed by atoms with Gasteiger partial charge in [0.25, 0.3) is 0 Å². The summed E-state index contributed by atoms with van der Waals surface area (Å²) < 4.78 is 0. The molecule has 0 radical (unpaired) electrons. The van der Waals surface area contributed by atoms with Gasteiger partial charge in [0.2, 0.25) is 0 Å². The normalized spacial score (nSPS) is 9.40. The number of nitrogens with zero attached hydrogens (tertiary/aromatic N) is 2. The Bertz CT molecular complexity index is 260. The lowest BCUT2D eigenvalue weighted by molar-refractivity contribution is 1.13. The minimum atomic E-state index is 0.294. The van der Waals surface area contributed by atoms with E-state index in [9.17, 15) is 0 Å². The summed E-state index contributed by atoms with van der Waals surface area (Å²) in [5.74, 6) is 0.370. The third kappa shape index (κ3) is 1.69. The molecule has 0 atom stereocenters. The fraction of sp³-hybridized carbons (Fsp3) is 0. The zero-order chi connectivity index (χ0) is 7.56. The largest absolute Gasteiger partial charge is 0.236 e. The molecule has 0 aromatic carbocycles. The topological polar surface area (TPSA) is 25.8 Å². The van der Waals surface area contributed by atoms with Crippen LogP contribution in [0.1, 0.15) is 5.82 Å². The standard InChI is InChI=1S/C6H4Cl2N2/c1-4(7)6-9-3-2-5(8)10-6/h2-3H,1H2. The van der Waals surface area contributed by atoms with Crippen molar-refractivity contribution < 1.29 is 0 Å². The maximum Gasteiger partial charge on any atom is 0.171 e. The molecule has 52 valence electrons. The van der Waals surface area contributed by atoms with Crippen molar-refractivity contribution in [3.63, 3.8) is 0 Å². The number of rotatable bonds is 1. The van der Waals surface area contributed by atoms with Crippen molar-refractivity contribution in [2.75, 3.05) is 0 Å². The molecule has 1 aromatic rings. The van der Waals surface area contributed by atoms with Crippen LogP contribution in [0.4, 0.5) is 0 Å². The van der Waals surface area contributed by atoms with E-state index >= 15 is 0 Å². The predicted molar refractivity (Wildman–Crippen MR) is 41.9 cm³/mol. The highest BCUT2D eigenvalue weighted by Crippen LogP contribution is 2.12. The van der Waals surface area contributed by atoms with E-state index in [1.54, 1.807) is 6.07 Å². The minimum absolute atomic E-state index is 0.294. The Labute approximate surface area is 68.5 Å². The Hall–Kier alpha value is -0.600. The van der Waals surface area contributed by atoms with Gasteiger partial charge in [0.15, 0.2) is 5.82 Å². The van der Waals surface area contributed by atoms with Crippen molar-refractivity contribution >= 4 is 28.2 Å². The van der Waals surface area contributed by atoms with E-state index in [-0.39, 0.29) is 0 Å². The minimum Gasteiger partial charge on any atom is -0.236 e. The van der Waals surface area contributed by atoms with Gasteiger partial charge in [-0.25, -0.2) is 9.97 Å². The summed E-state index contributed by atoms with van der Waals surface area (Å²) in [4.78, 5) is 7.61. The summed E-state index contributed by atoms with van der Waals surface area (Å²) >= 11 is 11.0. The monoisotopic (exact) mass is 174 g/mol. The van der Waals surface area contributed by atoms with Crippen LogP contribution in [-0.4, -0.2) is 9.97 Å². The van der Waals surface area contributed by atoms with Gasteiger partial charge in [-0.15, -0.1) is 0 Å². The number of aromatic nitrogens is 2. The van der Waals surface area contributed by atoms with Crippen molar-refractivity contribution in [2.45, 2.75) is 0 Å². The van der Waals surface area contributed by atoms with Gasteiger partial charge in [-0.2, -0.15) is 0 Å². The van der Waals surface area contributed by atoms with Crippen LogP contribution in [0.15, 0.2) is 18.8 Å². The Morgan fingerprint density at radius 3 is 2.70 bits per heavy atom. The molecule has 0 aliphatic rings. The maximum absolute atomic E-state index is 5.54. The van der Waals surface area contributed by atoms with Crippen LogP contribution in [-0.2, 0) is 0 Å². The second-order valence-corrected chi connectivity index (χ2v) is 2.45. The fourth-order valence-corrected chi connectivity index (χ4v) is 0.695. The van der Waals surface area contributed by atoms with Gasteiger partial charge in [-0.1, -0.05) is 29.8 Å². The molecule has 10 heavy (non-hydrogen) atoms. The molecule has 2 nitrogen and oxygen atoms in total. The van der Waals surface area contributed by atoms with E-state index in [0.717, 1.165) is 0 Å². The van der Waals surface area contributed by atoms with E-state index < -0.39 is 0 Å². The van der Waals surface area contributed by atoms with Gasteiger partial charge in [0.05, 0.1) is 5.03 Å². The summed E-state index contributed by atoms with van der Waals surface area (Å²) in [7, 11) is 0. The number of hydrogen-bond donors (Lipinski definition) is 0. The van der Waals surface area contributed by atoms with Gasteiger partial charge in [0, 0.05) is 6.20 Å². The average Bonchev–Trinajstić information content (AvgIpc) is 1.88. The molecule has 0 bridgehead atoms. The molecule has 0 fully saturated rings. The fourth-order valence-electron chi connectivity index (χ4n) is 0.467. The zero-order valence-electron chi connectivity index (χ0n) is 5.01. The van der Waals surface area contributed by atoms with Crippen LogP contribution in [0.5, 0.6) is 0 Å². The second-order valence-electron chi connectivity index (χ2n) is 1.61. The molecule has 1 aromatic heterocycles. The summed E-state index contributed by atoms with van der Waals surface area (Å²) in [6.07, 6.45) is 1.53. The molecular weight excluding hydrogens is 171 g/mol. The van der Waals surface area contributed by atoms with Crippen molar-refractivity contribution in [1.29, 1.82) is 0 Å². The molecule has 0 unspecified atom stereocenters. The van der Waals surface area contributed by atoms with Crippen LogP contribution < -0.4 is 0 Å². The van der Waals surface area contributed by atoms with Crippen LogP contribution in [0.25, 0.3) is 5.03 Å². The van der Waals surface area contributed by atoms with Crippen molar-refractivity contribution in [3.8, 4) is 0 Å². The summed E-state index contributed by atoms with van der Waals surface area (Å²) in [5.41, 5.74) is 0. The van der Waals surface area contributed by atoms with Gasteiger partial charge in [0.1, 0.15) is 5.15 Å². The van der Waals surface area contributed by atoms with Crippen molar-refractivity contribution in [3.05, 3.63) is 29.8 Å². The SMILES string of the molecule is C=C(Cl)c1nccc(Cl)n1. The highest BCUT2D eigenvalue weighted by molar-refractivity contribution is 6.47. The Morgan fingerprint density at radius 2 is 2.30 bits per heavy atom. The first-order valence-electron chi connectivity index (χ1n) is 2.53. The lowest BCUT2D eigenvalue weighted by Gasteiger charge is -1.93. The van der Waals surface area contributed by atoms with Crippen LogP contribution in [0.3, 0.4) is 0 Å². The maximum atomic E-state index is 5.54. The van der Waals surface area contributed by atoms with Gasteiger partial charge >= 0.3 is 0 Å². The molecule has 0 aliphatic carbocycles. The third-order valence-corrected chi connectivity index (χ3v) is 1.24. The molecule has 0 N–H and O–H groups in total. The smallest absolute Gasteiger partial charge is 0.171 e. The average molecular weight is 175 g/mol. The first-order valence-corrected chi connectivity index (χ1v) is 3.29. The van der Waals surface area contributed by atoms with Gasteiger partial charge in [-0.05, 0) is 6.07 Å². The summed E-state index contributed by atoms with van der Waals surface area (Å²) in [6, 6.07) is 1.57. The summed E-state index contributed by atoms with van der Waals surface area (Å²) in [6.45, 7) is 3.45. The van der Waals surface area contributed by atoms with Crippen LogP contribution in [0.2, 0.25) is 5.15 Å². The Kier molecular flexibility index (Phi) is 2.25. The molecule has 0 amide bonds. The molecule has 0 aliphatic heterocycles. The van der Waals surface area contributed by atoms with Crippen molar-refractivity contribution in [2.24, 2.45) is 0 Å². The molecule has 0 saturated heterocycles. The quantitative estimate of drug-likeness (QED) is 0.612. The zero-order valence-corrected chi connectivity index (χ0v) is 6.52. The lowest BCUT2D eigenvalue weighted by atomic mass is 10.5. The van der Waals surface area contributed by atoms with E-state index in [0.29, 0.717) is 16.0 Å². The molecule has 0 spiro atoms. The van der Waals surface area contributed by atoms with E-state index in [1.807, 2.05) is 0 Å². The third-order valence-electron chi connectivity index (χ3n) is 0.864. The van der Waals surface area contributed by atoms with Gasteiger partial charge in [-0.3, -0.25) is 0 Å². The highest BCUT2D eigenvalue weighted by Gasteiger charge is 1.97. The molecule has 1 rings (SSSR count).